The molecule has 2 amide bonds. The molecule has 2 aromatic carbocycles. The van der Waals surface area contributed by atoms with Crippen LogP contribution in [-0.4, -0.2) is 32.1 Å². The number of anilines is 1. The molecule has 3 aromatic rings. The number of amides is 2. The van der Waals surface area contributed by atoms with Gasteiger partial charge in [-0.3, -0.25) is 9.59 Å². The number of carbonyl (C=O) groups excluding carboxylic acids is 2. The summed E-state index contributed by atoms with van der Waals surface area (Å²) in [5, 5.41) is 6.29. The number of rotatable bonds is 7. The molecule has 0 aliphatic rings. The molecule has 2 N–H and O–H groups in total. The highest BCUT2D eigenvalue weighted by molar-refractivity contribution is 6.06. The van der Waals surface area contributed by atoms with Crippen LogP contribution in [0.25, 0.3) is 11.0 Å². The van der Waals surface area contributed by atoms with Gasteiger partial charge in [-0.15, -0.1) is 0 Å². The molecular weight excluding hydrogens is 360 g/mol. The molecule has 28 heavy (non-hydrogen) atoms. The van der Waals surface area contributed by atoms with Gasteiger partial charge in [-0.25, -0.2) is 0 Å². The summed E-state index contributed by atoms with van der Waals surface area (Å²) in [5.74, 6) is 0.961. The van der Waals surface area contributed by atoms with Crippen molar-refractivity contribution in [1.29, 1.82) is 0 Å². The number of likely N-dealkylation sites (N-methyl/N-ethyl adjacent to an activating group) is 1. The number of furan rings is 1. The minimum atomic E-state index is -0.344. The molecule has 7 heteroatoms. The average molecular weight is 382 g/mol. The van der Waals surface area contributed by atoms with E-state index in [0.717, 1.165) is 10.9 Å². The van der Waals surface area contributed by atoms with Crippen molar-refractivity contribution >= 4 is 28.5 Å². The summed E-state index contributed by atoms with van der Waals surface area (Å²) in [7, 11) is 1.59. The molecule has 146 valence electrons. The number of nitrogens with one attached hydrogen (secondary N) is 2. The zero-order valence-corrected chi connectivity index (χ0v) is 16.0. The van der Waals surface area contributed by atoms with E-state index in [9.17, 15) is 9.59 Å². The van der Waals surface area contributed by atoms with Gasteiger partial charge in [0.1, 0.15) is 17.1 Å². The van der Waals surface area contributed by atoms with Crippen LogP contribution >= 0.6 is 0 Å². The van der Waals surface area contributed by atoms with Crippen LogP contribution in [0.4, 0.5) is 5.69 Å². The van der Waals surface area contributed by atoms with E-state index in [2.05, 4.69) is 10.6 Å². The lowest BCUT2D eigenvalue weighted by Crippen LogP contribution is -2.28. The van der Waals surface area contributed by atoms with Gasteiger partial charge < -0.3 is 24.5 Å². The Kier molecular flexibility index (Phi) is 5.84. The van der Waals surface area contributed by atoms with Crippen LogP contribution < -0.4 is 20.1 Å². The van der Waals surface area contributed by atoms with Gasteiger partial charge in [0.15, 0.2) is 12.4 Å². The van der Waals surface area contributed by atoms with Gasteiger partial charge in [-0.05, 0) is 56.3 Å². The number of carbonyl (C=O) groups is 2. The Bertz CT molecular complexity index is 992. The van der Waals surface area contributed by atoms with E-state index in [4.69, 9.17) is 13.9 Å². The second kappa shape index (κ2) is 8.47. The second-order valence-electron chi connectivity index (χ2n) is 6.14. The van der Waals surface area contributed by atoms with E-state index in [0.29, 0.717) is 29.3 Å². The van der Waals surface area contributed by atoms with E-state index in [1.165, 1.54) is 0 Å². The SMILES string of the molecule is CCNC(=O)COc1ccc(NC(=O)c2oc3ccc(OC)cc3c2C)cc1. The Balaban J connectivity index is 1.68. The lowest BCUT2D eigenvalue weighted by atomic mass is 10.1. The summed E-state index contributed by atoms with van der Waals surface area (Å²) in [4.78, 5) is 24.0. The van der Waals surface area contributed by atoms with E-state index >= 15 is 0 Å². The fourth-order valence-electron chi connectivity index (χ4n) is 2.76. The molecule has 3 rings (SSSR count). The maximum absolute atomic E-state index is 12.6. The molecule has 0 atom stereocenters. The Morgan fingerprint density at radius 3 is 2.46 bits per heavy atom. The van der Waals surface area contributed by atoms with Crippen molar-refractivity contribution in [3.8, 4) is 11.5 Å². The quantitative estimate of drug-likeness (QED) is 0.653. The molecule has 0 saturated carbocycles. The normalized spacial score (nSPS) is 10.5. The molecule has 0 saturated heterocycles. The van der Waals surface area contributed by atoms with Gasteiger partial charge in [0.25, 0.3) is 11.8 Å². The molecule has 1 aromatic heterocycles. The summed E-state index contributed by atoms with van der Waals surface area (Å²) >= 11 is 0. The predicted molar refractivity (Wildman–Crippen MR) is 106 cm³/mol. The molecule has 0 aliphatic carbocycles. The van der Waals surface area contributed by atoms with Crippen LogP contribution in [0.1, 0.15) is 23.0 Å². The molecule has 0 fully saturated rings. The fourth-order valence-corrected chi connectivity index (χ4v) is 2.76. The third kappa shape index (κ3) is 4.25. The second-order valence-corrected chi connectivity index (χ2v) is 6.14. The molecule has 0 spiro atoms. The van der Waals surface area contributed by atoms with Gasteiger partial charge in [-0.1, -0.05) is 0 Å². The van der Waals surface area contributed by atoms with Crippen molar-refractivity contribution in [3.05, 3.63) is 53.8 Å². The number of ether oxygens (including phenoxy) is 2. The van der Waals surface area contributed by atoms with E-state index < -0.39 is 0 Å². The monoisotopic (exact) mass is 382 g/mol. The van der Waals surface area contributed by atoms with E-state index in [1.54, 1.807) is 43.5 Å². The Morgan fingerprint density at radius 1 is 1.07 bits per heavy atom. The van der Waals surface area contributed by atoms with Gasteiger partial charge >= 0.3 is 0 Å². The number of hydrogen-bond acceptors (Lipinski definition) is 5. The van der Waals surface area contributed by atoms with Crippen molar-refractivity contribution in [2.24, 2.45) is 0 Å². The standard InChI is InChI=1S/C21H22N2O5/c1-4-22-19(24)12-27-15-7-5-14(6-8-15)23-21(25)20-13(2)17-11-16(26-3)9-10-18(17)28-20/h5-11H,4,12H2,1-3H3,(H,22,24)(H,23,25). The van der Waals surface area contributed by atoms with Crippen LogP contribution in [0.15, 0.2) is 46.9 Å². The Hall–Kier alpha value is -3.48. The summed E-state index contributed by atoms with van der Waals surface area (Å²) in [6, 6.07) is 12.2. The van der Waals surface area contributed by atoms with Gasteiger partial charge in [0, 0.05) is 23.2 Å². The maximum atomic E-state index is 12.6. The average Bonchev–Trinajstić information content (AvgIpc) is 3.04. The predicted octanol–water partition coefficient (Wildman–Crippen LogP) is 3.52. The van der Waals surface area contributed by atoms with Crippen molar-refractivity contribution in [1.82, 2.24) is 5.32 Å². The molecule has 7 nitrogen and oxygen atoms in total. The number of aryl methyl sites for hydroxylation is 1. The smallest absolute Gasteiger partial charge is 0.291 e. The summed E-state index contributed by atoms with van der Waals surface area (Å²) in [5.41, 5.74) is 1.96. The zero-order chi connectivity index (χ0) is 20.1. The summed E-state index contributed by atoms with van der Waals surface area (Å²) in [6.07, 6.45) is 0. The molecular formula is C21H22N2O5. The minimum absolute atomic E-state index is 0.0544. The zero-order valence-electron chi connectivity index (χ0n) is 16.0. The first-order valence-corrected chi connectivity index (χ1v) is 8.90. The van der Waals surface area contributed by atoms with Crippen LogP contribution in [-0.2, 0) is 4.79 Å². The number of fused-ring (bicyclic) bond motifs is 1. The fraction of sp³-hybridized carbons (Fsp3) is 0.238. The topological polar surface area (TPSA) is 89.8 Å². The van der Waals surface area contributed by atoms with Gasteiger partial charge in [-0.2, -0.15) is 0 Å². The van der Waals surface area contributed by atoms with Crippen molar-refractivity contribution < 1.29 is 23.5 Å². The maximum Gasteiger partial charge on any atom is 0.291 e. The Morgan fingerprint density at radius 2 is 1.79 bits per heavy atom. The van der Waals surface area contributed by atoms with Crippen molar-refractivity contribution in [2.45, 2.75) is 13.8 Å². The first-order chi connectivity index (χ1) is 13.5. The first-order valence-electron chi connectivity index (χ1n) is 8.90. The van der Waals surface area contributed by atoms with Gasteiger partial charge in [0.2, 0.25) is 0 Å². The van der Waals surface area contributed by atoms with Crippen molar-refractivity contribution in [3.63, 3.8) is 0 Å². The molecule has 0 radical (unpaired) electrons. The van der Waals surface area contributed by atoms with E-state index in [-0.39, 0.29) is 24.2 Å². The van der Waals surface area contributed by atoms with Gasteiger partial charge in [0.05, 0.1) is 7.11 Å². The van der Waals surface area contributed by atoms with E-state index in [1.807, 2.05) is 19.9 Å². The molecule has 0 unspecified atom stereocenters. The number of hydrogen-bond donors (Lipinski definition) is 2. The van der Waals surface area contributed by atoms with Crippen LogP contribution in [0.3, 0.4) is 0 Å². The minimum Gasteiger partial charge on any atom is -0.497 e. The van der Waals surface area contributed by atoms with Crippen LogP contribution in [0.5, 0.6) is 11.5 Å². The third-order valence-corrected chi connectivity index (χ3v) is 4.21. The first kappa shape index (κ1) is 19.3. The largest absolute Gasteiger partial charge is 0.497 e. The van der Waals surface area contributed by atoms with Crippen LogP contribution in [0, 0.1) is 6.92 Å². The molecule has 0 aliphatic heterocycles. The molecule has 0 bridgehead atoms. The lowest BCUT2D eigenvalue weighted by Gasteiger charge is -2.08. The third-order valence-electron chi connectivity index (χ3n) is 4.21. The lowest BCUT2D eigenvalue weighted by molar-refractivity contribution is -0.122. The number of benzene rings is 2. The number of methoxy groups -OCH3 is 1. The summed E-state index contributed by atoms with van der Waals surface area (Å²) in [6.45, 7) is 4.18. The highest BCUT2D eigenvalue weighted by atomic mass is 16.5. The molecule has 1 heterocycles. The highest BCUT2D eigenvalue weighted by Gasteiger charge is 2.18. The Labute approximate surface area is 162 Å². The summed E-state index contributed by atoms with van der Waals surface area (Å²) < 4.78 is 16.3. The van der Waals surface area contributed by atoms with Crippen molar-refractivity contribution in [2.75, 3.05) is 25.6 Å². The highest BCUT2D eigenvalue weighted by Crippen LogP contribution is 2.29. The van der Waals surface area contributed by atoms with Crippen LogP contribution in [0.2, 0.25) is 0 Å².